The summed E-state index contributed by atoms with van der Waals surface area (Å²) in [6.45, 7) is 4.65. The van der Waals surface area contributed by atoms with E-state index in [-0.39, 0.29) is 23.5 Å². The van der Waals surface area contributed by atoms with Gasteiger partial charge in [-0.05, 0) is 61.3 Å². The average Bonchev–Trinajstić information content (AvgIpc) is 3.39. The predicted octanol–water partition coefficient (Wildman–Crippen LogP) is 3.33. The third-order valence-corrected chi connectivity index (χ3v) is 9.76. The second-order valence-corrected chi connectivity index (χ2v) is 12.2. The van der Waals surface area contributed by atoms with Gasteiger partial charge in [-0.15, -0.1) is 0 Å². The van der Waals surface area contributed by atoms with E-state index in [1.54, 1.807) is 30.3 Å². The molecule has 6 rings (SSSR count). The first kappa shape index (κ1) is 24.8. The minimum absolute atomic E-state index is 0.109. The van der Waals surface area contributed by atoms with Crippen LogP contribution in [0.4, 0.5) is 5.82 Å². The number of sulfonamides is 1. The van der Waals surface area contributed by atoms with E-state index in [0.717, 1.165) is 17.5 Å². The molecule has 9 nitrogen and oxygen atoms in total. The van der Waals surface area contributed by atoms with Crippen molar-refractivity contribution in [2.45, 2.75) is 23.7 Å². The van der Waals surface area contributed by atoms with Gasteiger partial charge in [0.1, 0.15) is 5.82 Å². The molecule has 0 spiro atoms. The van der Waals surface area contributed by atoms with Gasteiger partial charge in [0, 0.05) is 31.7 Å². The van der Waals surface area contributed by atoms with E-state index in [1.165, 1.54) is 4.31 Å². The standard InChI is InChI=1S/C28H30N4O5S/c1-19-17-28(19,21-8-11-24-25(16-21)37-18-36-24)27(33)30-26-5-3-4-23(29-26)20-6-9-22(10-7-20)38(34,35)32-14-12-31(2)13-15-32/h3-11,16,19H,12-15,17-18H2,1-2H3,(H,29,30,33). The minimum atomic E-state index is -3.54. The fourth-order valence-electron chi connectivity index (χ4n) is 5.32. The fourth-order valence-corrected chi connectivity index (χ4v) is 6.74. The zero-order chi connectivity index (χ0) is 26.5. The summed E-state index contributed by atoms with van der Waals surface area (Å²) in [5.74, 6) is 1.87. The summed E-state index contributed by atoms with van der Waals surface area (Å²) in [5, 5.41) is 3.01. The molecule has 2 fully saturated rings. The Morgan fingerprint density at radius 2 is 1.71 bits per heavy atom. The van der Waals surface area contributed by atoms with Crippen LogP contribution in [0, 0.1) is 5.92 Å². The number of pyridine rings is 1. The van der Waals surface area contributed by atoms with Gasteiger partial charge < -0.3 is 19.7 Å². The molecule has 1 N–H and O–H groups in total. The van der Waals surface area contributed by atoms with Gasteiger partial charge in [-0.1, -0.05) is 31.2 Å². The molecule has 2 aliphatic heterocycles. The van der Waals surface area contributed by atoms with Crippen molar-refractivity contribution in [3.63, 3.8) is 0 Å². The summed E-state index contributed by atoms with van der Waals surface area (Å²) in [6, 6.07) is 17.9. The van der Waals surface area contributed by atoms with Gasteiger partial charge in [-0.2, -0.15) is 4.31 Å². The predicted molar refractivity (Wildman–Crippen MR) is 143 cm³/mol. The zero-order valence-corrected chi connectivity index (χ0v) is 22.2. The first-order valence-corrected chi connectivity index (χ1v) is 14.2. The van der Waals surface area contributed by atoms with Crippen LogP contribution in [-0.2, 0) is 20.2 Å². The molecule has 198 valence electrons. The molecule has 3 aliphatic rings. The molecule has 10 heteroatoms. The van der Waals surface area contributed by atoms with Crippen molar-refractivity contribution in [3.8, 4) is 22.8 Å². The van der Waals surface area contributed by atoms with E-state index in [1.807, 2.05) is 37.4 Å². The van der Waals surface area contributed by atoms with Crippen LogP contribution in [0.2, 0.25) is 0 Å². The molecule has 2 atom stereocenters. The highest BCUT2D eigenvalue weighted by atomic mass is 32.2. The number of carbonyl (C=O) groups is 1. The Hall–Kier alpha value is -3.47. The van der Waals surface area contributed by atoms with Crippen molar-refractivity contribution in [1.29, 1.82) is 0 Å². The maximum Gasteiger partial charge on any atom is 0.243 e. The Balaban J connectivity index is 1.19. The van der Waals surface area contributed by atoms with Gasteiger partial charge in [0.25, 0.3) is 0 Å². The van der Waals surface area contributed by atoms with E-state index >= 15 is 0 Å². The van der Waals surface area contributed by atoms with Crippen LogP contribution < -0.4 is 14.8 Å². The van der Waals surface area contributed by atoms with Crippen molar-refractivity contribution in [2.75, 3.05) is 45.3 Å². The monoisotopic (exact) mass is 534 g/mol. The molecular weight excluding hydrogens is 504 g/mol. The van der Waals surface area contributed by atoms with Crippen molar-refractivity contribution in [1.82, 2.24) is 14.2 Å². The third kappa shape index (κ3) is 4.32. The van der Waals surface area contributed by atoms with Gasteiger partial charge in [0.2, 0.25) is 22.7 Å². The number of hydrogen-bond acceptors (Lipinski definition) is 7. The lowest BCUT2D eigenvalue weighted by molar-refractivity contribution is -0.118. The van der Waals surface area contributed by atoms with E-state index in [4.69, 9.17) is 9.47 Å². The highest BCUT2D eigenvalue weighted by molar-refractivity contribution is 7.89. The molecule has 1 aromatic heterocycles. The number of nitrogens with one attached hydrogen (secondary N) is 1. The molecule has 3 heterocycles. The van der Waals surface area contributed by atoms with Gasteiger partial charge in [-0.25, -0.2) is 13.4 Å². The molecular formula is C28H30N4O5S. The third-order valence-electron chi connectivity index (χ3n) is 7.84. The Kier molecular flexibility index (Phi) is 6.13. The molecule has 1 aliphatic carbocycles. The molecule has 1 saturated carbocycles. The molecule has 1 amide bonds. The first-order valence-electron chi connectivity index (χ1n) is 12.8. The number of ether oxygens (including phenoxy) is 2. The Morgan fingerprint density at radius 1 is 1.00 bits per heavy atom. The summed E-state index contributed by atoms with van der Waals surface area (Å²) in [4.78, 5) is 20.5. The van der Waals surface area contributed by atoms with Crippen molar-refractivity contribution in [2.24, 2.45) is 5.92 Å². The second-order valence-electron chi connectivity index (χ2n) is 10.2. The van der Waals surface area contributed by atoms with Crippen LogP contribution in [0.1, 0.15) is 18.9 Å². The number of amides is 1. The molecule has 1 saturated heterocycles. The summed E-state index contributed by atoms with van der Waals surface area (Å²) in [5.41, 5.74) is 1.67. The molecule has 2 unspecified atom stereocenters. The Labute approximate surface area is 222 Å². The Morgan fingerprint density at radius 3 is 2.42 bits per heavy atom. The number of benzene rings is 2. The number of anilines is 1. The van der Waals surface area contributed by atoms with Crippen LogP contribution in [0.15, 0.2) is 65.6 Å². The summed E-state index contributed by atoms with van der Waals surface area (Å²) in [7, 11) is -1.55. The van der Waals surface area contributed by atoms with Crippen molar-refractivity contribution >= 4 is 21.7 Å². The molecule has 3 aromatic rings. The maximum absolute atomic E-state index is 13.5. The molecule has 38 heavy (non-hydrogen) atoms. The number of aromatic nitrogens is 1. The number of piperazine rings is 1. The van der Waals surface area contributed by atoms with Gasteiger partial charge in [0.05, 0.1) is 16.0 Å². The number of fused-ring (bicyclic) bond motifs is 1. The highest BCUT2D eigenvalue weighted by Crippen LogP contribution is 2.56. The van der Waals surface area contributed by atoms with E-state index < -0.39 is 15.4 Å². The maximum atomic E-state index is 13.5. The highest BCUT2D eigenvalue weighted by Gasteiger charge is 2.58. The quantitative estimate of drug-likeness (QED) is 0.518. The van der Waals surface area contributed by atoms with Gasteiger partial charge >= 0.3 is 0 Å². The topological polar surface area (TPSA) is 101 Å². The lowest BCUT2D eigenvalue weighted by Crippen LogP contribution is -2.46. The number of likely N-dealkylation sites (N-methyl/N-ethyl adjacent to an activating group) is 1. The molecule has 2 aromatic carbocycles. The lowest BCUT2D eigenvalue weighted by Gasteiger charge is -2.31. The van der Waals surface area contributed by atoms with E-state index in [0.29, 0.717) is 49.2 Å². The minimum Gasteiger partial charge on any atom is -0.454 e. The van der Waals surface area contributed by atoms with Gasteiger partial charge in [-0.3, -0.25) is 4.79 Å². The van der Waals surface area contributed by atoms with Crippen LogP contribution in [0.3, 0.4) is 0 Å². The van der Waals surface area contributed by atoms with Crippen molar-refractivity contribution < 1.29 is 22.7 Å². The number of rotatable bonds is 6. The second kappa shape index (κ2) is 9.37. The van der Waals surface area contributed by atoms with E-state index in [2.05, 4.69) is 22.1 Å². The molecule has 0 radical (unpaired) electrons. The Bertz CT molecular complexity index is 1490. The van der Waals surface area contributed by atoms with Crippen LogP contribution in [-0.4, -0.2) is 68.5 Å². The number of nitrogens with zero attached hydrogens (tertiary/aromatic N) is 3. The van der Waals surface area contributed by atoms with Crippen LogP contribution in [0.5, 0.6) is 11.5 Å². The largest absolute Gasteiger partial charge is 0.454 e. The average molecular weight is 535 g/mol. The number of hydrogen-bond donors (Lipinski definition) is 1. The SMILES string of the molecule is CC1CC1(C(=O)Nc1cccc(-c2ccc(S(=O)(=O)N3CCN(C)CC3)cc2)n1)c1ccc2c(c1)OCO2. The van der Waals surface area contributed by atoms with Gasteiger partial charge in [0.15, 0.2) is 11.5 Å². The molecule has 0 bridgehead atoms. The first-order chi connectivity index (χ1) is 18.3. The number of carbonyl (C=O) groups excluding carboxylic acids is 1. The summed E-state index contributed by atoms with van der Waals surface area (Å²) in [6.07, 6.45) is 0.738. The summed E-state index contributed by atoms with van der Waals surface area (Å²) < 4.78 is 38.6. The van der Waals surface area contributed by atoms with Crippen LogP contribution >= 0.6 is 0 Å². The lowest BCUT2D eigenvalue weighted by atomic mass is 9.92. The zero-order valence-electron chi connectivity index (χ0n) is 21.4. The van der Waals surface area contributed by atoms with E-state index in [9.17, 15) is 13.2 Å². The van der Waals surface area contributed by atoms with Crippen LogP contribution in [0.25, 0.3) is 11.3 Å². The van der Waals surface area contributed by atoms with Crippen molar-refractivity contribution in [3.05, 3.63) is 66.2 Å². The normalized spacial score (nSPS) is 23.3. The summed E-state index contributed by atoms with van der Waals surface area (Å²) >= 11 is 0. The fraction of sp³-hybridized carbons (Fsp3) is 0.357. The smallest absolute Gasteiger partial charge is 0.243 e.